The highest BCUT2D eigenvalue weighted by Crippen LogP contribution is 2.47. The molecule has 0 bridgehead atoms. The fourth-order valence-electron chi connectivity index (χ4n) is 3.91. The maximum absolute atomic E-state index is 5.82. The lowest BCUT2D eigenvalue weighted by Gasteiger charge is -2.44. The molecule has 2 rings (SSSR count). The van der Waals surface area contributed by atoms with Crippen molar-refractivity contribution in [3.05, 3.63) is 29.8 Å². The van der Waals surface area contributed by atoms with Crippen LogP contribution < -0.4 is 5.73 Å². The van der Waals surface area contributed by atoms with Gasteiger partial charge in [-0.05, 0) is 60.6 Å². The standard InChI is InChI=1S/C17H27N/c1-4-14-10-13(3)11-17(5-2,12-14)15-6-8-16(18)9-7-15/h6-9,13-14H,4-5,10-12,18H2,1-3H3. The van der Waals surface area contributed by atoms with Crippen LogP contribution in [-0.4, -0.2) is 0 Å². The lowest BCUT2D eigenvalue weighted by Crippen LogP contribution is -2.35. The molecule has 3 unspecified atom stereocenters. The van der Waals surface area contributed by atoms with E-state index in [1.165, 1.54) is 37.7 Å². The Morgan fingerprint density at radius 2 is 1.83 bits per heavy atom. The Labute approximate surface area is 112 Å². The lowest BCUT2D eigenvalue weighted by atomic mass is 9.61. The normalized spacial score (nSPS) is 32.4. The largest absolute Gasteiger partial charge is 0.399 e. The molecule has 1 heteroatoms. The second kappa shape index (κ2) is 5.34. The van der Waals surface area contributed by atoms with Crippen LogP contribution in [0.5, 0.6) is 0 Å². The highest BCUT2D eigenvalue weighted by molar-refractivity contribution is 5.41. The highest BCUT2D eigenvalue weighted by atomic mass is 14.5. The van der Waals surface area contributed by atoms with Crippen LogP contribution in [0.2, 0.25) is 0 Å². The highest BCUT2D eigenvalue weighted by Gasteiger charge is 2.38. The second-order valence-electron chi connectivity index (χ2n) is 6.28. The molecule has 0 heterocycles. The fraction of sp³-hybridized carbons (Fsp3) is 0.647. The van der Waals surface area contributed by atoms with Gasteiger partial charge in [0.15, 0.2) is 0 Å². The minimum absolute atomic E-state index is 0.395. The molecule has 0 aromatic heterocycles. The van der Waals surface area contributed by atoms with Crippen molar-refractivity contribution < 1.29 is 0 Å². The summed E-state index contributed by atoms with van der Waals surface area (Å²) in [7, 11) is 0. The maximum atomic E-state index is 5.82. The Morgan fingerprint density at radius 3 is 2.39 bits per heavy atom. The summed E-state index contributed by atoms with van der Waals surface area (Å²) in [5.74, 6) is 1.74. The first kappa shape index (κ1) is 13.5. The Morgan fingerprint density at radius 1 is 1.17 bits per heavy atom. The first-order valence-corrected chi connectivity index (χ1v) is 7.45. The van der Waals surface area contributed by atoms with Crippen molar-refractivity contribution in [2.24, 2.45) is 11.8 Å². The summed E-state index contributed by atoms with van der Waals surface area (Å²) < 4.78 is 0. The van der Waals surface area contributed by atoms with Crippen LogP contribution in [0.1, 0.15) is 58.4 Å². The van der Waals surface area contributed by atoms with Crippen molar-refractivity contribution in [1.82, 2.24) is 0 Å². The van der Waals surface area contributed by atoms with Gasteiger partial charge in [-0.3, -0.25) is 0 Å². The number of hydrogen-bond donors (Lipinski definition) is 1. The third kappa shape index (κ3) is 2.55. The van der Waals surface area contributed by atoms with Gasteiger partial charge in [-0.15, -0.1) is 0 Å². The number of benzene rings is 1. The zero-order valence-corrected chi connectivity index (χ0v) is 12.1. The SMILES string of the molecule is CCC1CC(C)CC(CC)(c2ccc(N)cc2)C1. The summed E-state index contributed by atoms with van der Waals surface area (Å²) >= 11 is 0. The zero-order chi connectivity index (χ0) is 13.2. The molecule has 1 fully saturated rings. The van der Waals surface area contributed by atoms with Crippen LogP contribution in [0.25, 0.3) is 0 Å². The third-order valence-electron chi connectivity index (χ3n) is 4.93. The maximum Gasteiger partial charge on any atom is 0.0314 e. The van der Waals surface area contributed by atoms with Gasteiger partial charge in [0.1, 0.15) is 0 Å². The molecule has 1 aromatic carbocycles. The van der Waals surface area contributed by atoms with Crippen molar-refractivity contribution in [3.8, 4) is 0 Å². The summed E-state index contributed by atoms with van der Waals surface area (Å²) in [5, 5.41) is 0. The molecule has 0 spiro atoms. The van der Waals surface area contributed by atoms with Crippen molar-refractivity contribution in [2.75, 3.05) is 5.73 Å². The Bertz CT molecular complexity index is 381. The van der Waals surface area contributed by atoms with E-state index < -0.39 is 0 Å². The van der Waals surface area contributed by atoms with Crippen molar-refractivity contribution in [2.45, 2.75) is 58.3 Å². The van der Waals surface area contributed by atoms with Crippen LogP contribution in [0, 0.1) is 11.8 Å². The molecule has 0 saturated heterocycles. The van der Waals surface area contributed by atoms with Gasteiger partial charge in [-0.1, -0.05) is 39.3 Å². The first-order valence-electron chi connectivity index (χ1n) is 7.45. The zero-order valence-electron chi connectivity index (χ0n) is 12.1. The average molecular weight is 245 g/mol. The first-order chi connectivity index (χ1) is 8.59. The Kier molecular flexibility index (Phi) is 3.99. The fourth-order valence-corrected chi connectivity index (χ4v) is 3.91. The van der Waals surface area contributed by atoms with Gasteiger partial charge in [-0.25, -0.2) is 0 Å². The smallest absolute Gasteiger partial charge is 0.0314 e. The van der Waals surface area contributed by atoms with E-state index in [1.807, 2.05) is 0 Å². The number of rotatable bonds is 3. The molecule has 1 nitrogen and oxygen atoms in total. The molecule has 0 amide bonds. The molecule has 1 saturated carbocycles. The van der Waals surface area contributed by atoms with Gasteiger partial charge < -0.3 is 5.73 Å². The van der Waals surface area contributed by atoms with Gasteiger partial charge in [0.25, 0.3) is 0 Å². The molecule has 3 atom stereocenters. The molecule has 1 aromatic rings. The van der Waals surface area contributed by atoms with Gasteiger partial charge in [0.2, 0.25) is 0 Å². The van der Waals surface area contributed by atoms with Crippen LogP contribution in [0.15, 0.2) is 24.3 Å². The molecule has 1 aliphatic rings. The van der Waals surface area contributed by atoms with E-state index in [1.54, 1.807) is 0 Å². The molecule has 1 aliphatic carbocycles. The summed E-state index contributed by atoms with van der Waals surface area (Å²) in [5.41, 5.74) is 8.60. The second-order valence-corrected chi connectivity index (χ2v) is 6.28. The summed E-state index contributed by atoms with van der Waals surface area (Å²) in [6.07, 6.45) is 6.67. The van der Waals surface area contributed by atoms with Crippen LogP contribution in [0.3, 0.4) is 0 Å². The van der Waals surface area contributed by atoms with Crippen LogP contribution in [-0.2, 0) is 5.41 Å². The number of anilines is 1. The number of hydrogen-bond acceptors (Lipinski definition) is 1. The summed E-state index contributed by atoms with van der Waals surface area (Å²) in [6, 6.07) is 8.63. The van der Waals surface area contributed by atoms with E-state index >= 15 is 0 Å². The number of nitrogen functional groups attached to an aromatic ring is 1. The molecule has 0 aliphatic heterocycles. The van der Waals surface area contributed by atoms with Gasteiger partial charge in [0.05, 0.1) is 0 Å². The van der Waals surface area contributed by atoms with E-state index in [9.17, 15) is 0 Å². The van der Waals surface area contributed by atoms with Gasteiger partial charge in [0, 0.05) is 5.69 Å². The van der Waals surface area contributed by atoms with E-state index in [0.29, 0.717) is 5.41 Å². The minimum Gasteiger partial charge on any atom is -0.399 e. The van der Waals surface area contributed by atoms with Crippen molar-refractivity contribution in [1.29, 1.82) is 0 Å². The molecular weight excluding hydrogens is 218 g/mol. The quantitative estimate of drug-likeness (QED) is 0.763. The average Bonchev–Trinajstić information content (AvgIpc) is 2.38. The molecule has 2 N–H and O–H groups in total. The summed E-state index contributed by atoms with van der Waals surface area (Å²) in [6.45, 7) is 7.11. The van der Waals surface area contributed by atoms with Crippen LogP contribution >= 0.6 is 0 Å². The van der Waals surface area contributed by atoms with Crippen LogP contribution in [0.4, 0.5) is 5.69 Å². The monoisotopic (exact) mass is 245 g/mol. The minimum atomic E-state index is 0.395. The molecule has 0 radical (unpaired) electrons. The Hall–Kier alpha value is -0.980. The van der Waals surface area contributed by atoms with Gasteiger partial charge in [-0.2, -0.15) is 0 Å². The number of nitrogens with two attached hydrogens (primary N) is 1. The predicted octanol–water partition coefficient (Wildman–Crippen LogP) is 4.76. The molecular formula is C17H27N. The van der Waals surface area contributed by atoms with E-state index in [-0.39, 0.29) is 0 Å². The summed E-state index contributed by atoms with van der Waals surface area (Å²) in [4.78, 5) is 0. The Balaban J connectivity index is 2.31. The van der Waals surface area contributed by atoms with E-state index in [0.717, 1.165) is 17.5 Å². The van der Waals surface area contributed by atoms with Crippen molar-refractivity contribution in [3.63, 3.8) is 0 Å². The van der Waals surface area contributed by atoms with Crippen molar-refractivity contribution >= 4 is 5.69 Å². The predicted molar refractivity (Wildman–Crippen MR) is 79.6 cm³/mol. The van der Waals surface area contributed by atoms with Gasteiger partial charge >= 0.3 is 0 Å². The van der Waals surface area contributed by atoms with E-state index in [2.05, 4.69) is 45.0 Å². The lowest BCUT2D eigenvalue weighted by molar-refractivity contribution is 0.159. The molecule has 100 valence electrons. The van der Waals surface area contributed by atoms with E-state index in [4.69, 9.17) is 5.73 Å². The molecule has 18 heavy (non-hydrogen) atoms. The third-order valence-corrected chi connectivity index (χ3v) is 4.93. The topological polar surface area (TPSA) is 26.0 Å².